The zero-order valence-electron chi connectivity index (χ0n) is 16.4. The lowest BCUT2D eigenvalue weighted by Gasteiger charge is -2.25. The van der Waals surface area contributed by atoms with E-state index in [1.807, 2.05) is 33.8 Å². The van der Waals surface area contributed by atoms with Gasteiger partial charge in [0.05, 0.1) is 12.1 Å². The molecule has 1 amide bonds. The summed E-state index contributed by atoms with van der Waals surface area (Å²) in [6.45, 7) is 9.70. The number of alkyl carbamates (subject to hydrolysis) is 1. The summed E-state index contributed by atoms with van der Waals surface area (Å²) in [4.78, 5) is 11.8. The Morgan fingerprint density at radius 1 is 1.12 bits per heavy atom. The maximum atomic E-state index is 11.8. The number of hydrogen-bond donors (Lipinski definition) is 1. The molecule has 4 nitrogen and oxygen atoms in total. The van der Waals surface area contributed by atoms with Crippen molar-refractivity contribution in [3.63, 3.8) is 0 Å². The van der Waals surface area contributed by atoms with Crippen LogP contribution < -0.4 is 5.32 Å². The van der Waals surface area contributed by atoms with Crippen LogP contribution in [0.15, 0.2) is 24.3 Å². The molecule has 0 radical (unpaired) electrons. The van der Waals surface area contributed by atoms with Gasteiger partial charge in [-0.1, -0.05) is 50.5 Å². The molecule has 0 aliphatic heterocycles. The molecule has 0 unspecified atom stereocenters. The number of unbranched alkanes of at least 4 members (excludes halogenated alkanes) is 4. The van der Waals surface area contributed by atoms with Gasteiger partial charge in [0, 0.05) is 7.11 Å². The third-order valence-electron chi connectivity index (χ3n) is 3.58. The van der Waals surface area contributed by atoms with Gasteiger partial charge in [-0.15, -0.1) is 0 Å². The van der Waals surface area contributed by atoms with Crippen LogP contribution >= 0.6 is 0 Å². The minimum absolute atomic E-state index is 0.0771. The molecule has 0 saturated heterocycles. The van der Waals surface area contributed by atoms with Gasteiger partial charge in [0.2, 0.25) is 0 Å². The van der Waals surface area contributed by atoms with E-state index in [1.54, 1.807) is 7.11 Å². The van der Waals surface area contributed by atoms with E-state index in [2.05, 4.69) is 30.5 Å². The van der Waals surface area contributed by atoms with Gasteiger partial charge in [-0.2, -0.15) is 0 Å². The van der Waals surface area contributed by atoms with Gasteiger partial charge in [0.1, 0.15) is 5.60 Å². The fraction of sp³-hybridized carbons (Fsp3) is 0.750. The number of amides is 1. The van der Waals surface area contributed by atoms with Crippen LogP contribution in [0, 0.1) is 0 Å². The number of allylic oxidation sites excluding steroid dienone is 3. The Morgan fingerprint density at radius 3 is 2.38 bits per heavy atom. The first-order valence-corrected chi connectivity index (χ1v) is 9.14. The van der Waals surface area contributed by atoms with Crippen molar-refractivity contribution in [2.45, 2.75) is 90.9 Å². The Kier molecular flexibility index (Phi) is 12.4. The summed E-state index contributed by atoms with van der Waals surface area (Å²) >= 11 is 0. The van der Waals surface area contributed by atoms with E-state index in [9.17, 15) is 4.79 Å². The molecule has 0 bridgehead atoms. The quantitative estimate of drug-likeness (QED) is 0.406. The van der Waals surface area contributed by atoms with E-state index in [0.29, 0.717) is 0 Å². The molecule has 0 rings (SSSR count). The summed E-state index contributed by atoms with van der Waals surface area (Å²) in [6.07, 6.45) is 15.0. The summed E-state index contributed by atoms with van der Waals surface area (Å²) in [7, 11) is 1.66. The topological polar surface area (TPSA) is 47.6 Å². The highest BCUT2D eigenvalue weighted by Crippen LogP contribution is 2.09. The molecule has 0 heterocycles. The first-order valence-electron chi connectivity index (χ1n) is 9.14. The summed E-state index contributed by atoms with van der Waals surface area (Å²) in [5, 5.41) is 2.83. The lowest BCUT2D eigenvalue weighted by atomic mass is 10.1. The minimum atomic E-state index is -0.492. The summed E-state index contributed by atoms with van der Waals surface area (Å²) in [5.74, 6) is 0. The number of nitrogens with one attached hydrogen (secondary N) is 1. The molecule has 2 atom stereocenters. The smallest absolute Gasteiger partial charge is 0.407 e. The Morgan fingerprint density at radius 2 is 1.79 bits per heavy atom. The fourth-order valence-corrected chi connectivity index (χ4v) is 2.25. The molecule has 0 aromatic rings. The maximum absolute atomic E-state index is 11.8. The number of methoxy groups -OCH3 is 1. The zero-order chi connectivity index (χ0) is 18.4. The second kappa shape index (κ2) is 13.1. The van der Waals surface area contributed by atoms with E-state index >= 15 is 0 Å². The Bertz CT molecular complexity index is 383. The highest BCUT2D eigenvalue weighted by Gasteiger charge is 2.21. The first kappa shape index (κ1) is 22.7. The van der Waals surface area contributed by atoms with Gasteiger partial charge in [0.15, 0.2) is 0 Å². The van der Waals surface area contributed by atoms with Crippen molar-refractivity contribution >= 4 is 6.09 Å². The van der Waals surface area contributed by atoms with Crippen molar-refractivity contribution in [2.75, 3.05) is 7.11 Å². The van der Waals surface area contributed by atoms with E-state index in [1.165, 1.54) is 25.7 Å². The lowest BCUT2D eigenvalue weighted by molar-refractivity contribution is 0.0365. The van der Waals surface area contributed by atoms with Crippen LogP contribution in [0.4, 0.5) is 4.79 Å². The van der Waals surface area contributed by atoms with Crippen LogP contribution in [0.25, 0.3) is 0 Å². The Balaban J connectivity index is 4.09. The molecule has 0 fully saturated rings. The molecular formula is C20H37NO3. The molecule has 24 heavy (non-hydrogen) atoms. The van der Waals surface area contributed by atoms with Crippen molar-refractivity contribution < 1.29 is 14.3 Å². The third kappa shape index (κ3) is 13.2. The van der Waals surface area contributed by atoms with Crippen LogP contribution in [0.2, 0.25) is 0 Å². The van der Waals surface area contributed by atoms with E-state index in [0.717, 1.165) is 12.8 Å². The summed E-state index contributed by atoms with van der Waals surface area (Å²) in [6, 6.07) is -0.118. The molecule has 4 heteroatoms. The minimum Gasteiger partial charge on any atom is -0.444 e. The Hall–Kier alpha value is -1.29. The summed E-state index contributed by atoms with van der Waals surface area (Å²) < 4.78 is 10.7. The number of carbonyl (C=O) groups excluding carboxylic acids is 1. The monoisotopic (exact) mass is 339 g/mol. The van der Waals surface area contributed by atoms with Crippen molar-refractivity contribution in [3.05, 3.63) is 24.3 Å². The molecule has 0 aliphatic rings. The van der Waals surface area contributed by atoms with Crippen molar-refractivity contribution in [1.82, 2.24) is 5.32 Å². The van der Waals surface area contributed by atoms with Crippen LogP contribution in [0.5, 0.6) is 0 Å². The SMILES string of the molecule is CCCCCC/C=C/C=C/C[C@@H](OC)[C@H](C)NC(=O)OC(C)(C)C. The highest BCUT2D eigenvalue weighted by atomic mass is 16.6. The number of hydrogen-bond acceptors (Lipinski definition) is 3. The average molecular weight is 340 g/mol. The fourth-order valence-electron chi connectivity index (χ4n) is 2.25. The molecule has 0 saturated carbocycles. The van der Waals surface area contributed by atoms with Crippen molar-refractivity contribution in [1.29, 1.82) is 0 Å². The molecule has 0 aliphatic carbocycles. The molecule has 1 N–H and O–H groups in total. The number of carbonyl (C=O) groups is 1. The Labute approximate surface area is 148 Å². The predicted octanol–water partition coefficient (Wildman–Crippen LogP) is 5.39. The van der Waals surface area contributed by atoms with Gasteiger partial charge >= 0.3 is 6.09 Å². The zero-order valence-corrected chi connectivity index (χ0v) is 16.4. The highest BCUT2D eigenvalue weighted by molar-refractivity contribution is 5.68. The van der Waals surface area contributed by atoms with Gasteiger partial charge in [0.25, 0.3) is 0 Å². The van der Waals surface area contributed by atoms with Gasteiger partial charge in [-0.3, -0.25) is 0 Å². The van der Waals surface area contributed by atoms with E-state index in [4.69, 9.17) is 9.47 Å². The maximum Gasteiger partial charge on any atom is 0.407 e. The van der Waals surface area contributed by atoms with Crippen LogP contribution in [-0.4, -0.2) is 30.9 Å². The number of ether oxygens (including phenoxy) is 2. The molecule has 0 aromatic heterocycles. The standard InChI is InChI=1S/C20H37NO3/c1-7-8-9-10-11-12-13-14-15-16-18(23-6)17(2)21-19(22)24-20(3,4)5/h12-15,17-18H,7-11,16H2,1-6H3,(H,21,22)/b13-12+,15-14+/t17-,18+/m0/s1. The van der Waals surface area contributed by atoms with E-state index in [-0.39, 0.29) is 12.1 Å². The van der Waals surface area contributed by atoms with Crippen LogP contribution in [0.1, 0.15) is 73.1 Å². The van der Waals surface area contributed by atoms with Gasteiger partial charge in [-0.05, 0) is 47.0 Å². The van der Waals surface area contributed by atoms with Crippen molar-refractivity contribution in [3.8, 4) is 0 Å². The largest absolute Gasteiger partial charge is 0.444 e. The second-order valence-electron chi connectivity index (χ2n) is 7.15. The van der Waals surface area contributed by atoms with Crippen LogP contribution in [0.3, 0.4) is 0 Å². The van der Waals surface area contributed by atoms with Gasteiger partial charge in [-0.25, -0.2) is 4.79 Å². The van der Waals surface area contributed by atoms with Crippen LogP contribution in [-0.2, 0) is 9.47 Å². The number of rotatable bonds is 11. The second-order valence-corrected chi connectivity index (χ2v) is 7.15. The van der Waals surface area contributed by atoms with Gasteiger partial charge < -0.3 is 14.8 Å². The lowest BCUT2D eigenvalue weighted by Crippen LogP contribution is -2.44. The predicted molar refractivity (Wildman–Crippen MR) is 101 cm³/mol. The van der Waals surface area contributed by atoms with E-state index < -0.39 is 11.7 Å². The average Bonchev–Trinajstić information content (AvgIpc) is 2.47. The summed E-state index contributed by atoms with van der Waals surface area (Å²) in [5.41, 5.74) is -0.492. The normalized spacial score (nSPS) is 14.9. The third-order valence-corrected chi connectivity index (χ3v) is 3.58. The molecule has 140 valence electrons. The molecular weight excluding hydrogens is 302 g/mol. The first-order chi connectivity index (χ1) is 11.3. The molecule has 0 spiro atoms. The van der Waals surface area contributed by atoms with Crippen molar-refractivity contribution in [2.24, 2.45) is 0 Å². The molecule has 0 aromatic carbocycles.